The van der Waals surface area contributed by atoms with Gasteiger partial charge in [-0.25, -0.2) is 4.79 Å². The van der Waals surface area contributed by atoms with Gasteiger partial charge in [0.1, 0.15) is 0 Å². The Morgan fingerprint density at radius 1 is 1.10 bits per heavy atom. The molecule has 6 heteroatoms. The molecule has 0 amide bonds. The van der Waals surface area contributed by atoms with Crippen LogP contribution in [0.25, 0.3) is 0 Å². The van der Waals surface area contributed by atoms with Crippen LogP contribution in [-0.2, 0) is 4.74 Å². The number of benzene rings is 1. The largest absolute Gasteiger partial charge is 0.454 e. The van der Waals surface area contributed by atoms with Crippen molar-refractivity contribution >= 4 is 46.3 Å². The van der Waals surface area contributed by atoms with E-state index in [2.05, 4.69) is 0 Å². The van der Waals surface area contributed by atoms with Crippen LogP contribution in [0.4, 0.5) is 0 Å². The molecule has 0 saturated carbocycles. The Hall–Kier alpha value is -1.36. The first kappa shape index (κ1) is 16.0. The van der Waals surface area contributed by atoms with Crippen LogP contribution in [0.2, 0.25) is 10.0 Å². The Balaban J connectivity index is 2.04. The third kappa shape index (κ3) is 4.06. The summed E-state index contributed by atoms with van der Waals surface area (Å²) in [6.07, 6.45) is 0. The van der Waals surface area contributed by atoms with E-state index >= 15 is 0 Å². The minimum absolute atomic E-state index is 0.221. The summed E-state index contributed by atoms with van der Waals surface area (Å²) < 4.78 is 5.02. The van der Waals surface area contributed by atoms with Crippen molar-refractivity contribution in [2.75, 3.05) is 6.61 Å². The topological polar surface area (TPSA) is 43.4 Å². The Bertz CT molecular complexity index is 687. The van der Waals surface area contributed by atoms with E-state index < -0.39 is 5.97 Å². The fraction of sp³-hybridized carbons (Fsp3) is 0.200. The summed E-state index contributed by atoms with van der Waals surface area (Å²) in [5.74, 6) is -0.851. The number of aryl methyl sites for hydroxylation is 2. The molecule has 21 heavy (non-hydrogen) atoms. The summed E-state index contributed by atoms with van der Waals surface area (Å²) in [5, 5.41) is 0.676. The van der Waals surface area contributed by atoms with Gasteiger partial charge in [0.05, 0.1) is 5.56 Å². The summed E-state index contributed by atoms with van der Waals surface area (Å²) in [6.45, 7) is 3.48. The van der Waals surface area contributed by atoms with E-state index in [-0.39, 0.29) is 18.0 Å². The zero-order chi connectivity index (χ0) is 15.6. The van der Waals surface area contributed by atoms with Crippen molar-refractivity contribution in [3.8, 4) is 0 Å². The summed E-state index contributed by atoms with van der Waals surface area (Å²) >= 11 is 13.2. The summed E-state index contributed by atoms with van der Waals surface area (Å²) in [7, 11) is 0. The molecule has 2 rings (SSSR count). The number of rotatable bonds is 4. The smallest absolute Gasteiger partial charge is 0.338 e. The molecule has 0 unspecified atom stereocenters. The molecule has 110 valence electrons. The van der Waals surface area contributed by atoms with Crippen molar-refractivity contribution in [2.24, 2.45) is 0 Å². The quantitative estimate of drug-likeness (QED) is 0.596. The number of esters is 1. The Labute approximate surface area is 136 Å². The van der Waals surface area contributed by atoms with E-state index in [4.69, 9.17) is 27.9 Å². The zero-order valence-corrected chi connectivity index (χ0v) is 13.7. The maximum atomic E-state index is 12.0. The van der Waals surface area contributed by atoms with Gasteiger partial charge < -0.3 is 4.74 Å². The molecule has 0 spiro atoms. The fourth-order valence-electron chi connectivity index (χ4n) is 1.87. The lowest BCUT2D eigenvalue weighted by atomic mass is 10.2. The normalized spacial score (nSPS) is 10.5. The molecule has 0 aliphatic heterocycles. The van der Waals surface area contributed by atoms with E-state index in [0.29, 0.717) is 15.6 Å². The summed E-state index contributed by atoms with van der Waals surface area (Å²) in [4.78, 5) is 25.9. The second-order valence-corrected chi connectivity index (χ2v) is 6.82. The van der Waals surface area contributed by atoms with Crippen molar-refractivity contribution in [1.29, 1.82) is 0 Å². The minimum Gasteiger partial charge on any atom is -0.454 e. The van der Waals surface area contributed by atoms with Gasteiger partial charge in [-0.1, -0.05) is 23.2 Å². The average molecular weight is 343 g/mol. The van der Waals surface area contributed by atoms with Crippen molar-refractivity contribution in [1.82, 2.24) is 0 Å². The number of ether oxygens (including phenoxy) is 1. The number of hydrogen-bond acceptors (Lipinski definition) is 4. The van der Waals surface area contributed by atoms with Crippen molar-refractivity contribution < 1.29 is 14.3 Å². The molecule has 0 aliphatic rings. The van der Waals surface area contributed by atoms with Gasteiger partial charge in [-0.15, -0.1) is 11.3 Å². The third-order valence-electron chi connectivity index (χ3n) is 2.77. The Kier molecular flexibility index (Phi) is 5.04. The lowest BCUT2D eigenvalue weighted by molar-refractivity contribution is 0.0474. The van der Waals surface area contributed by atoms with Crippen LogP contribution in [0.1, 0.15) is 30.5 Å². The lowest BCUT2D eigenvalue weighted by Gasteiger charge is -2.05. The molecule has 0 bridgehead atoms. The first-order chi connectivity index (χ1) is 9.86. The van der Waals surface area contributed by atoms with Gasteiger partial charge in [0.2, 0.25) is 5.78 Å². The van der Waals surface area contributed by atoms with Crippen LogP contribution in [0.5, 0.6) is 0 Å². The number of ketones is 1. The molecule has 0 aliphatic carbocycles. The molecule has 3 nitrogen and oxygen atoms in total. The highest BCUT2D eigenvalue weighted by molar-refractivity contribution is 7.12. The second kappa shape index (κ2) is 6.60. The molecule has 1 heterocycles. The van der Waals surface area contributed by atoms with E-state index in [9.17, 15) is 9.59 Å². The number of hydrogen-bond donors (Lipinski definition) is 0. The van der Waals surface area contributed by atoms with Crippen LogP contribution in [-0.4, -0.2) is 18.4 Å². The predicted octanol–water partition coefficient (Wildman–Crippen LogP) is 4.71. The highest BCUT2D eigenvalue weighted by atomic mass is 35.5. The Morgan fingerprint density at radius 3 is 2.24 bits per heavy atom. The van der Waals surface area contributed by atoms with Crippen molar-refractivity contribution in [2.45, 2.75) is 13.8 Å². The van der Waals surface area contributed by atoms with Crippen LogP contribution in [0, 0.1) is 13.8 Å². The molecule has 1 aromatic heterocycles. The minimum atomic E-state index is -0.627. The van der Waals surface area contributed by atoms with Gasteiger partial charge in [-0.2, -0.15) is 0 Å². The Morgan fingerprint density at radius 2 is 1.71 bits per heavy atom. The number of halogens is 2. The standard InChI is InChI=1S/C15H12Cl2O3S/c1-8-3-13(9(2)21-8)14(18)7-20-15(19)10-4-11(16)6-12(17)5-10/h3-6H,7H2,1-2H3. The zero-order valence-electron chi connectivity index (χ0n) is 11.4. The molecule has 2 aromatic rings. The first-order valence-electron chi connectivity index (χ1n) is 6.10. The number of Topliss-reactive ketones (excluding diaryl/α,β-unsaturated/α-hetero) is 1. The third-order valence-corrected chi connectivity index (χ3v) is 4.18. The number of thiophene rings is 1. The summed E-state index contributed by atoms with van der Waals surface area (Å²) in [5.41, 5.74) is 0.813. The van der Waals surface area contributed by atoms with Crippen LogP contribution >= 0.6 is 34.5 Å². The average Bonchev–Trinajstić information content (AvgIpc) is 2.73. The van der Waals surface area contributed by atoms with E-state index in [1.54, 1.807) is 6.07 Å². The lowest BCUT2D eigenvalue weighted by Crippen LogP contribution is -2.14. The maximum Gasteiger partial charge on any atom is 0.338 e. The van der Waals surface area contributed by atoms with E-state index in [1.807, 2.05) is 13.8 Å². The number of carbonyl (C=O) groups is 2. The molecule has 0 radical (unpaired) electrons. The van der Waals surface area contributed by atoms with E-state index in [0.717, 1.165) is 9.75 Å². The second-order valence-electron chi connectivity index (χ2n) is 4.48. The van der Waals surface area contributed by atoms with Crippen molar-refractivity contribution in [3.05, 3.63) is 55.2 Å². The monoisotopic (exact) mass is 342 g/mol. The van der Waals surface area contributed by atoms with Crippen LogP contribution in [0.15, 0.2) is 24.3 Å². The van der Waals surface area contributed by atoms with Gasteiger partial charge in [0.25, 0.3) is 0 Å². The first-order valence-corrected chi connectivity index (χ1v) is 7.67. The van der Waals surface area contributed by atoms with Gasteiger partial charge >= 0.3 is 5.97 Å². The highest BCUT2D eigenvalue weighted by Gasteiger charge is 2.16. The van der Waals surface area contributed by atoms with E-state index in [1.165, 1.54) is 29.5 Å². The number of carbonyl (C=O) groups excluding carboxylic acids is 2. The van der Waals surface area contributed by atoms with Gasteiger partial charge in [-0.05, 0) is 38.1 Å². The van der Waals surface area contributed by atoms with Gasteiger partial charge in [0, 0.05) is 25.4 Å². The maximum absolute atomic E-state index is 12.0. The summed E-state index contributed by atoms with van der Waals surface area (Å²) in [6, 6.07) is 6.20. The van der Waals surface area contributed by atoms with Crippen LogP contribution < -0.4 is 0 Å². The van der Waals surface area contributed by atoms with Gasteiger partial charge in [0.15, 0.2) is 6.61 Å². The molecular weight excluding hydrogens is 331 g/mol. The molecule has 0 atom stereocenters. The molecule has 0 fully saturated rings. The van der Waals surface area contributed by atoms with Gasteiger partial charge in [-0.3, -0.25) is 4.79 Å². The SMILES string of the molecule is Cc1cc(C(=O)COC(=O)c2cc(Cl)cc(Cl)c2)c(C)s1. The molecule has 0 N–H and O–H groups in total. The molecule has 0 saturated heterocycles. The highest BCUT2D eigenvalue weighted by Crippen LogP contribution is 2.22. The molecular formula is C15H12Cl2O3S. The fourth-order valence-corrected chi connectivity index (χ4v) is 3.34. The van der Waals surface area contributed by atoms with Crippen molar-refractivity contribution in [3.63, 3.8) is 0 Å². The molecule has 1 aromatic carbocycles. The predicted molar refractivity (Wildman–Crippen MR) is 84.9 cm³/mol. The van der Waals surface area contributed by atoms with Crippen LogP contribution in [0.3, 0.4) is 0 Å².